The second-order valence-corrected chi connectivity index (χ2v) is 3.96. The molecule has 2 N–H and O–H groups in total. The number of benzene rings is 2. The number of rotatable bonds is 0. The zero-order valence-corrected chi connectivity index (χ0v) is 9.55. The van der Waals surface area contributed by atoms with E-state index in [0.29, 0.717) is 22.5 Å². The number of anilines is 2. The minimum atomic E-state index is -0.632. The first kappa shape index (κ1) is 8.53. The Hall–Kier alpha value is -2.55. The van der Waals surface area contributed by atoms with E-state index in [1.54, 1.807) is 48.5 Å². The lowest BCUT2D eigenvalue weighted by Gasteiger charge is -2.22. The van der Waals surface area contributed by atoms with E-state index in [1.807, 2.05) is 0 Å². The summed E-state index contributed by atoms with van der Waals surface area (Å²) < 4.78 is 16.3. The quantitative estimate of drug-likeness (QED) is 0.751. The molecule has 1 aliphatic heterocycles. The van der Waals surface area contributed by atoms with Gasteiger partial charge in [-0.2, -0.15) is 0 Å². The van der Waals surface area contributed by atoms with Crippen LogP contribution < -0.4 is 10.6 Å². The second kappa shape index (κ2) is 4.04. The standard InChI is InChI=1S/C15H12N2O/c16-15(18)17-13-7-3-1-5-11(13)9-10-12-6-2-4-8-14(12)17/h1-10H,(H2,16,18)/i9D,10D. The van der Waals surface area contributed by atoms with Gasteiger partial charge in [-0.3, -0.25) is 4.90 Å². The van der Waals surface area contributed by atoms with Crippen molar-refractivity contribution >= 4 is 29.5 Å². The molecule has 1 aliphatic rings. The number of hydrogen-bond donors (Lipinski definition) is 1. The summed E-state index contributed by atoms with van der Waals surface area (Å²) in [5, 5.41) is 0. The third kappa shape index (κ3) is 1.57. The zero-order valence-electron chi connectivity index (χ0n) is 11.6. The summed E-state index contributed by atoms with van der Waals surface area (Å²) in [6.45, 7) is 0. The number of carbonyl (C=O) groups excluding carboxylic acids is 1. The van der Waals surface area contributed by atoms with Crippen LogP contribution in [0.15, 0.2) is 48.5 Å². The monoisotopic (exact) mass is 238 g/mol. The van der Waals surface area contributed by atoms with E-state index in [-0.39, 0.29) is 12.1 Å². The largest absolute Gasteiger partial charge is 0.351 e. The van der Waals surface area contributed by atoms with Gasteiger partial charge in [-0.25, -0.2) is 4.79 Å². The van der Waals surface area contributed by atoms with Crippen molar-refractivity contribution in [3.63, 3.8) is 0 Å². The van der Waals surface area contributed by atoms with E-state index in [9.17, 15) is 4.79 Å². The molecule has 0 atom stereocenters. The SMILES string of the molecule is [2H]C1=C([2H])c2ccccc2N(C(N)=O)c2ccccc21. The molecule has 0 unspecified atom stereocenters. The molecule has 18 heavy (non-hydrogen) atoms. The molecule has 2 aromatic rings. The summed E-state index contributed by atoms with van der Waals surface area (Å²) in [5.74, 6) is 0. The van der Waals surface area contributed by atoms with Crippen LogP contribution in [0, 0.1) is 0 Å². The van der Waals surface area contributed by atoms with Crippen molar-refractivity contribution in [2.24, 2.45) is 5.73 Å². The summed E-state index contributed by atoms with van der Waals surface area (Å²) in [6.07, 6.45) is 0. The van der Waals surface area contributed by atoms with Gasteiger partial charge in [0.2, 0.25) is 0 Å². The highest BCUT2D eigenvalue weighted by atomic mass is 16.2. The number of nitrogens with two attached hydrogens (primary N) is 1. The third-order valence-corrected chi connectivity index (χ3v) is 2.84. The van der Waals surface area contributed by atoms with Crippen molar-refractivity contribution in [3.8, 4) is 0 Å². The van der Waals surface area contributed by atoms with Crippen molar-refractivity contribution in [1.82, 2.24) is 0 Å². The molecule has 3 nitrogen and oxygen atoms in total. The predicted molar refractivity (Wildman–Crippen MR) is 73.5 cm³/mol. The normalized spacial score (nSPS) is 15.2. The van der Waals surface area contributed by atoms with Crippen LogP contribution in [0.1, 0.15) is 13.9 Å². The fourth-order valence-electron chi connectivity index (χ4n) is 2.05. The maximum absolute atomic E-state index is 11.9. The van der Waals surface area contributed by atoms with E-state index in [0.717, 1.165) is 0 Å². The molecule has 1 heterocycles. The van der Waals surface area contributed by atoms with Crippen LogP contribution in [0.25, 0.3) is 12.1 Å². The molecule has 0 spiro atoms. The number of para-hydroxylation sites is 2. The fraction of sp³-hybridized carbons (Fsp3) is 0. The van der Waals surface area contributed by atoms with Gasteiger partial charge in [0.1, 0.15) is 0 Å². The van der Waals surface area contributed by atoms with Crippen LogP contribution in [0.4, 0.5) is 16.2 Å². The Labute approximate surface area is 108 Å². The number of carbonyl (C=O) groups is 1. The van der Waals surface area contributed by atoms with Crippen molar-refractivity contribution < 1.29 is 7.54 Å². The highest BCUT2D eigenvalue weighted by Gasteiger charge is 2.21. The van der Waals surface area contributed by atoms with Gasteiger partial charge >= 0.3 is 6.03 Å². The van der Waals surface area contributed by atoms with Gasteiger partial charge in [-0.05, 0) is 23.3 Å². The maximum Gasteiger partial charge on any atom is 0.323 e. The summed E-state index contributed by atoms with van der Waals surface area (Å²) in [6, 6.07) is 13.5. The number of nitrogens with zero attached hydrogens (tertiary/aromatic N) is 1. The van der Waals surface area contributed by atoms with Gasteiger partial charge in [0, 0.05) is 0 Å². The molecule has 0 aromatic heterocycles. The Bertz CT molecular complexity index is 685. The first-order chi connectivity index (χ1) is 9.61. The fourth-order valence-corrected chi connectivity index (χ4v) is 2.05. The number of urea groups is 1. The number of hydrogen-bond acceptors (Lipinski definition) is 1. The van der Waals surface area contributed by atoms with E-state index in [4.69, 9.17) is 8.48 Å². The predicted octanol–water partition coefficient (Wildman–Crippen LogP) is 3.39. The summed E-state index contributed by atoms with van der Waals surface area (Å²) in [7, 11) is 0. The number of fused-ring (bicyclic) bond motifs is 2. The lowest BCUT2D eigenvalue weighted by Crippen LogP contribution is -2.32. The molecule has 2 amide bonds. The molecule has 0 aliphatic carbocycles. The van der Waals surface area contributed by atoms with Crippen LogP contribution in [0.2, 0.25) is 0 Å². The van der Waals surface area contributed by atoms with E-state index < -0.39 is 6.03 Å². The van der Waals surface area contributed by atoms with Gasteiger partial charge in [0.05, 0.1) is 14.1 Å². The van der Waals surface area contributed by atoms with Crippen LogP contribution in [0.5, 0.6) is 0 Å². The van der Waals surface area contributed by atoms with Crippen molar-refractivity contribution in [2.45, 2.75) is 0 Å². The highest BCUT2D eigenvalue weighted by molar-refractivity contribution is 6.04. The van der Waals surface area contributed by atoms with Gasteiger partial charge in [0.25, 0.3) is 0 Å². The van der Waals surface area contributed by atoms with Gasteiger partial charge in [-0.1, -0.05) is 48.5 Å². The van der Waals surface area contributed by atoms with Crippen molar-refractivity contribution in [1.29, 1.82) is 0 Å². The smallest absolute Gasteiger partial charge is 0.323 e. The Balaban J connectivity index is 2.42. The van der Waals surface area contributed by atoms with Crippen LogP contribution in [0.3, 0.4) is 0 Å². The Kier molecular flexibility index (Phi) is 1.91. The lowest BCUT2D eigenvalue weighted by atomic mass is 10.1. The first-order valence-electron chi connectivity index (χ1n) is 6.57. The third-order valence-electron chi connectivity index (χ3n) is 2.84. The van der Waals surface area contributed by atoms with Crippen molar-refractivity contribution in [2.75, 3.05) is 4.90 Å². The molecule has 0 radical (unpaired) electrons. The van der Waals surface area contributed by atoms with Crippen LogP contribution in [-0.4, -0.2) is 6.03 Å². The molecule has 0 fully saturated rings. The molecule has 0 bridgehead atoms. The minimum absolute atomic E-state index is 0.0804. The van der Waals surface area contributed by atoms with Gasteiger partial charge in [-0.15, -0.1) is 0 Å². The van der Waals surface area contributed by atoms with Gasteiger partial charge < -0.3 is 5.73 Å². The van der Waals surface area contributed by atoms with Crippen LogP contribution >= 0.6 is 0 Å². The molecule has 0 saturated heterocycles. The molecule has 2 aromatic carbocycles. The van der Waals surface area contributed by atoms with Crippen molar-refractivity contribution in [3.05, 3.63) is 59.7 Å². The average molecular weight is 238 g/mol. The lowest BCUT2D eigenvalue weighted by molar-refractivity contribution is 0.256. The summed E-state index contributed by atoms with van der Waals surface area (Å²) in [4.78, 5) is 13.2. The number of primary amides is 1. The Morgan fingerprint density at radius 2 is 1.39 bits per heavy atom. The zero-order chi connectivity index (χ0) is 14.3. The minimum Gasteiger partial charge on any atom is -0.351 e. The van der Waals surface area contributed by atoms with Gasteiger partial charge in [0.15, 0.2) is 0 Å². The number of amides is 2. The molecule has 3 rings (SSSR count). The maximum atomic E-state index is 11.9. The van der Waals surface area contributed by atoms with Crippen LogP contribution in [-0.2, 0) is 0 Å². The van der Waals surface area contributed by atoms with E-state index in [2.05, 4.69) is 0 Å². The van der Waals surface area contributed by atoms with E-state index in [1.165, 1.54) is 4.90 Å². The molecule has 3 heteroatoms. The van der Waals surface area contributed by atoms with E-state index >= 15 is 0 Å². The first-order valence-corrected chi connectivity index (χ1v) is 5.57. The molecular weight excluding hydrogens is 224 g/mol. The molecular formula is C15H12N2O. The Morgan fingerprint density at radius 3 is 1.83 bits per heavy atom. The Morgan fingerprint density at radius 1 is 0.944 bits per heavy atom. The molecule has 0 saturated carbocycles. The molecule has 88 valence electrons. The highest BCUT2D eigenvalue weighted by Crippen LogP contribution is 2.35. The average Bonchev–Trinajstić information content (AvgIpc) is 2.55. The summed E-state index contributed by atoms with van der Waals surface area (Å²) in [5.41, 5.74) is 7.60. The second-order valence-electron chi connectivity index (χ2n) is 3.96. The summed E-state index contributed by atoms with van der Waals surface area (Å²) >= 11 is 0. The topological polar surface area (TPSA) is 46.3 Å².